The topological polar surface area (TPSA) is 52.6 Å². The number of hydrogen-bond acceptors (Lipinski definition) is 4. The van der Waals surface area contributed by atoms with Gasteiger partial charge in [0.05, 0.1) is 17.2 Å². The average molecular weight is 481 g/mol. The van der Waals surface area contributed by atoms with Gasteiger partial charge in [0.2, 0.25) is 0 Å². The number of guanidine groups is 1. The predicted molar refractivity (Wildman–Crippen MR) is 121 cm³/mol. The van der Waals surface area contributed by atoms with E-state index in [1.165, 1.54) is 17.7 Å². The first-order chi connectivity index (χ1) is 11.4. The lowest BCUT2D eigenvalue weighted by Crippen LogP contribution is -2.48. The van der Waals surface area contributed by atoms with Gasteiger partial charge in [-0.3, -0.25) is 0 Å². The number of likely N-dealkylation sites (N-methyl/N-ethyl adjacent to an activating group) is 1. The van der Waals surface area contributed by atoms with E-state index in [1.807, 2.05) is 6.92 Å². The largest absolute Gasteiger partial charge is 0.357 e. The van der Waals surface area contributed by atoms with Gasteiger partial charge in [-0.2, -0.15) is 0 Å². The second-order valence-electron chi connectivity index (χ2n) is 6.43. The first-order valence-corrected chi connectivity index (χ1v) is 9.85. The second kappa shape index (κ2) is 12.9. The van der Waals surface area contributed by atoms with Gasteiger partial charge in [0.25, 0.3) is 0 Å². The van der Waals surface area contributed by atoms with Gasteiger partial charge in [-0.15, -0.1) is 35.3 Å². The van der Waals surface area contributed by atoms with E-state index >= 15 is 0 Å². The molecular formula is C18H36IN5S. The summed E-state index contributed by atoms with van der Waals surface area (Å²) in [6.45, 7) is 13.2. The lowest BCUT2D eigenvalue weighted by atomic mass is 9.93. The van der Waals surface area contributed by atoms with Gasteiger partial charge in [0.1, 0.15) is 0 Å². The summed E-state index contributed by atoms with van der Waals surface area (Å²) in [5, 5.41) is 7.99. The Hall–Kier alpha value is -0.410. The SMILES string of the molecule is CCNC(=NCc1sc(C)nc1C)NCC(C(CC)CC)N(C)C.I. The van der Waals surface area contributed by atoms with Crippen LogP contribution in [0.3, 0.4) is 0 Å². The molecule has 1 heterocycles. The molecule has 0 bridgehead atoms. The first kappa shape index (κ1) is 24.6. The number of halogens is 1. The Morgan fingerprint density at radius 1 is 1.16 bits per heavy atom. The molecule has 0 aromatic carbocycles. The minimum Gasteiger partial charge on any atom is -0.357 e. The zero-order chi connectivity index (χ0) is 18.1. The number of nitrogens with zero attached hydrogens (tertiary/aromatic N) is 3. The summed E-state index contributed by atoms with van der Waals surface area (Å²) in [6.07, 6.45) is 2.40. The molecule has 0 saturated heterocycles. The van der Waals surface area contributed by atoms with Crippen LogP contribution < -0.4 is 10.6 Å². The molecule has 2 N–H and O–H groups in total. The number of aliphatic imine (C=N–C) groups is 1. The molecule has 0 aliphatic carbocycles. The Morgan fingerprint density at radius 3 is 2.24 bits per heavy atom. The number of rotatable bonds is 9. The van der Waals surface area contributed by atoms with E-state index in [9.17, 15) is 0 Å². The monoisotopic (exact) mass is 481 g/mol. The van der Waals surface area contributed by atoms with E-state index in [0.717, 1.165) is 29.8 Å². The van der Waals surface area contributed by atoms with E-state index < -0.39 is 0 Å². The van der Waals surface area contributed by atoms with Gasteiger partial charge >= 0.3 is 0 Å². The maximum absolute atomic E-state index is 4.75. The fraction of sp³-hybridized carbons (Fsp3) is 0.778. The van der Waals surface area contributed by atoms with Crippen molar-refractivity contribution < 1.29 is 0 Å². The quantitative estimate of drug-likeness (QED) is 0.320. The van der Waals surface area contributed by atoms with Crippen LogP contribution in [0.2, 0.25) is 0 Å². The van der Waals surface area contributed by atoms with Gasteiger partial charge in [-0.1, -0.05) is 26.7 Å². The number of aryl methyl sites for hydroxylation is 2. The summed E-state index contributed by atoms with van der Waals surface area (Å²) in [4.78, 5) is 12.8. The van der Waals surface area contributed by atoms with Crippen molar-refractivity contribution in [2.45, 2.75) is 60.0 Å². The summed E-state index contributed by atoms with van der Waals surface area (Å²) in [5.74, 6) is 1.59. The third kappa shape index (κ3) is 8.21. The summed E-state index contributed by atoms with van der Waals surface area (Å²) in [5.41, 5.74) is 1.10. The number of aromatic nitrogens is 1. The maximum atomic E-state index is 4.75. The van der Waals surface area contributed by atoms with Crippen LogP contribution in [-0.4, -0.2) is 49.1 Å². The van der Waals surface area contributed by atoms with Crippen LogP contribution in [0.4, 0.5) is 0 Å². The van der Waals surface area contributed by atoms with Crippen molar-refractivity contribution >= 4 is 41.3 Å². The van der Waals surface area contributed by atoms with Gasteiger partial charge in [-0.25, -0.2) is 9.98 Å². The van der Waals surface area contributed by atoms with E-state index in [-0.39, 0.29) is 24.0 Å². The van der Waals surface area contributed by atoms with E-state index in [2.05, 4.69) is 62.3 Å². The van der Waals surface area contributed by atoms with Crippen LogP contribution >= 0.6 is 35.3 Å². The molecule has 1 aromatic heterocycles. The molecule has 0 spiro atoms. The zero-order valence-electron chi connectivity index (χ0n) is 16.8. The molecular weight excluding hydrogens is 445 g/mol. The highest BCUT2D eigenvalue weighted by molar-refractivity contribution is 14.0. The lowest BCUT2D eigenvalue weighted by Gasteiger charge is -2.32. The van der Waals surface area contributed by atoms with Gasteiger partial charge < -0.3 is 15.5 Å². The lowest BCUT2D eigenvalue weighted by molar-refractivity contribution is 0.200. The Kier molecular flexibility index (Phi) is 12.7. The summed E-state index contributed by atoms with van der Waals surface area (Å²) in [6, 6.07) is 0.510. The third-order valence-electron chi connectivity index (χ3n) is 4.46. The predicted octanol–water partition coefficient (Wildman–Crippen LogP) is 3.80. The molecule has 0 aliphatic heterocycles. The molecule has 0 aliphatic rings. The highest BCUT2D eigenvalue weighted by atomic mass is 127. The summed E-state index contributed by atoms with van der Waals surface area (Å²) >= 11 is 1.73. The van der Waals surface area contributed by atoms with Gasteiger partial charge in [-0.05, 0) is 40.8 Å². The van der Waals surface area contributed by atoms with Crippen molar-refractivity contribution in [2.24, 2.45) is 10.9 Å². The minimum absolute atomic E-state index is 0. The highest BCUT2D eigenvalue weighted by Gasteiger charge is 2.20. The molecule has 1 aromatic rings. The Balaban J connectivity index is 0.00000576. The molecule has 1 atom stereocenters. The molecule has 5 nitrogen and oxygen atoms in total. The molecule has 1 unspecified atom stereocenters. The molecule has 0 fully saturated rings. The molecule has 1 rings (SSSR count). The smallest absolute Gasteiger partial charge is 0.191 e. The van der Waals surface area contributed by atoms with E-state index in [4.69, 9.17) is 4.99 Å². The number of hydrogen-bond donors (Lipinski definition) is 2. The van der Waals surface area contributed by atoms with Crippen molar-refractivity contribution in [1.29, 1.82) is 0 Å². The number of nitrogens with one attached hydrogen (secondary N) is 2. The zero-order valence-corrected chi connectivity index (χ0v) is 20.0. The van der Waals surface area contributed by atoms with Gasteiger partial charge in [0.15, 0.2) is 5.96 Å². The maximum Gasteiger partial charge on any atom is 0.191 e. The van der Waals surface area contributed by atoms with Crippen molar-refractivity contribution in [3.05, 3.63) is 15.6 Å². The van der Waals surface area contributed by atoms with Gasteiger partial charge in [0, 0.05) is 24.0 Å². The standard InChI is InChI=1S/C18H35N5S.HI/c1-8-15(9-2)16(23(6)7)11-20-18(19-10-3)21-12-17-13(4)22-14(5)24-17;/h15-16H,8-12H2,1-7H3,(H2,19,20,21);1H. The molecule has 0 amide bonds. The summed E-state index contributed by atoms with van der Waals surface area (Å²) < 4.78 is 0. The molecule has 146 valence electrons. The van der Waals surface area contributed by atoms with Crippen molar-refractivity contribution in [2.75, 3.05) is 27.2 Å². The van der Waals surface area contributed by atoms with E-state index in [1.54, 1.807) is 11.3 Å². The van der Waals surface area contributed by atoms with Crippen LogP contribution in [-0.2, 0) is 6.54 Å². The van der Waals surface area contributed by atoms with Crippen LogP contribution in [0, 0.1) is 19.8 Å². The normalized spacial score (nSPS) is 13.1. The third-order valence-corrected chi connectivity index (χ3v) is 5.52. The second-order valence-corrected chi connectivity index (χ2v) is 7.71. The van der Waals surface area contributed by atoms with Crippen LogP contribution in [0.5, 0.6) is 0 Å². The fourth-order valence-corrected chi connectivity index (χ4v) is 3.88. The van der Waals surface area contributed by atoms with E-state index in [0.29, 0.717) is 18.5 Å². The molecule has 25 heavy (non-hydrogen) atoms. The van der Waals surface area contributed by atoms with Crippen molar-refractivity contribution in [3.63, 3.8) is 0 Å². The Morgan fingerprint density at radius 2 is 1.80 bits per heavy atom. The fourth-order valence-electron chi connectivity index (χ4n) is 3.02. The van der Waals surface area contributed by atoms with Crippen molar-refractivity contribution in [1.82, 2.24) is 20.5 Å². The first-order valence-electron chi connectivity index (χ1n) is 9.04. The molecule has 0 radical (unpaired) electrons. The Bertz CT molecular complexity index is 512. The van der Waals surface area contributed by atoms with Crippen molar-refractivity contribution in [3.8, 4) is 0 Å². The summed E-state index contributed by atoms with van der Waals surface area (Å²) in [7, 11) is 4.33. The van der Waals surface area contributed by atoms with Crippen LogP contribution in [0.25, 0.3) is 0 Å². The minimum atomic E-state index is 0. The molecule has 7 heteroatoms. The molecule has 0 saturated carbocycles. The number of thiazole rings is 1. The van der Waals surface area contributed by atoms with Crippen LogP contribution in [0.1, 0.15) is 49.2 Å². The average Bonchev–Trinajstić information content (AvgIpc) is 2.86. The van der Waals surface area contributed by atoms with Crippen LogP contribution in [0.15, 0.2) is 4.99 Å². The Labute approximate surface area is 175 Å². The highest BCUT2D eigenvalue weighted by Crippen LogP contribution is 2.18.